The van der Waals surface area contributed by atoms with Crippen molar-refractivity contribution in [3.63, 3.8) is 0 Å². The number of carbonyl (C=O) groups is 1. The van der Waals surface area contributed by atoms with Crippen LogP contribution in [0.1, 0.15) is 42.4 Å². The van der Waals surface area contributed by atoms with Crippen LogP contribution in [0.25, 0.3) is 6.08 Å². The molecule has 4 heteroatoms. The van der Waals surface area contributed by atoms with Crippen LogP contribution in [0.4, 0.5) is 0 Å². The molecule has 138 valence electrons. The molecule has 0 heterocycles. The summed E-state index contributed by atoms with van der Waals surface area (Å²) >= 11 is 0. The van der Waals surface area contributed by atoms with Gasteiger partial charge in [0.15, 0.2) is 0 Å². The third kappa shape index (κ3) is 5.46. The van der Waals surface area contributed by atoms with Crippen LogP contribution in [0, 0.1) is 18.3 Å². The van der Waals surface area contributed by atoms with E-state index in [4.69, 9.17) is 4.74 Å². The van der Waals surface area contributed by atoms with E-state index in [2.05, 4.69) is 24.4 Å². The van der Waals surface area contributed by atoms with Crippen molar-refractivity contribution < 1.29 is 9.53 Å². The molecule has 27 heavy (non-hydrogen) atoms. The Bertz CT molecular complexity index is 857. The van der Waals surface area contributed by atoms with Crippen molar-refractivity contribution >= 4 is 12.0 Å². The Morgan fingerprint density at radius 3 is 2.63 bits per heavy atom. The predicted molar refractivity (Wildman–Crippen MR) is 106 cm³/mol. The van der Waals surface area contributed by atoms with Crippen LogP contribution in [0.3, 0.4) is 0 Å². The fourth-order valence-corrected chi connectivity index (χ4v) is 3.28. The molecule has 0 saturated heterocycles. The second-order valence-corrected chi connectivity index (χ2v) is 6.97. The molecule has 1 amide bonds. The van der Waals surface area contributed by atoms with E-state index in [-0.39, 0.29) is 17.5 Å². The van der Waals surface area contributed by atoms with Crippen LogP contribution >= 0.6 is 0 Å². The molecular weight excluding hydrogens is 336 g/mol. The Morgan fingerprint density at radius 2 is 1.96 bits per heavy atom. The standard InChI is InChI=1S/C23H24N2O2/c1-17-5-4-6-19(13-17)16-27-22-11-9-18(10-12-22)14-20(15-24)23(26)25-21-7-2-3-8-21/h4-6,9-14,21H,2-3,7-8,16H2,1H3,(H,25,26)/b20-14+. The fourth-order valence-electron chi connectivity index (χ4n) is 3.28. The first kappa shape index (κ1) is 18.7. The van der Waals surface area contributed by atoms with E-state index in [0.717, 1.165) is 42.6 Å². The smallest absolute Gasteiger partial charge is 0.262 e. The Balaban J connectivity index is 1.60. The normalized spacial score (nSPS) is 14.6. The molecule has 4 nitrogen and oxygen atoms in total. The Morgan fingerprint density at radius 1 is 1.22 bits per heavy atom. The summed E-state index contributed by atoms with van der Waals surface area (Å²) in [5.74, 6) is 0.465. The largest absolute Gasteiger partial charge is 0.489 e. The molecule has 0 spiro atoms. The number of hydrogen-bond donors (Lipinski definition) is 1. The summed E-state index contributed by atoms with van der Waals surface area (Å²) < 4.78 is 5.80. The topological polar surface area (TPSA) is 62.1 Å². The average molecular weight is 360 g/mol. The van der Waals surface area contributed by atoms with Crippen molar-refractivity contribution in [3.05, 3.63) is 70.8 Å². The Labute approximate surface area is 160 Å². The van der Waals surface area contributed by atoms with Crippen LogP contribution < -0.4 is 10.1 Å². The number of amides is 1. The minimum Gasteiger partial charge on any atom is -0.489 e. The number of carbonyl (C=O) groups excluding carboxylic acids is 1. The zero-order valence-corrected chi connectivity index (χ0v) is 15.6. The summed E-state index contributed by atoms with van der Waals surface area (Å²) in [6.45, 7) is 2.56. The van der Waals surface area contributed by atoms with Gasteiger partial charge in [-0.05, 0) is 49.1 Å². The van der Waals surface area contributed by atoms with Gasteiger partial charge in [-0.15, -0.1) is 0 Å². The lowest BCUT2D eigenvalue weighted by Crippen LogP contribution is -2.33. The maximum atomic E-state index is 12.3. The van der Waals surface area contributed by atoms with Crippen molar-refractivity contribution in [3.8, 4) is 11.8 Å². The summed E-state index contributed by atoms with van der Waals surface area (Å²) in [7, 11) is 0. The van der Waals surface area contributed by atoms with Gasteiger partial charge in [0, 0.05) is 6.04 Å². The summed E-state index contributed by atoms with van der Waals surface area (Å²) in [5, 5.41) is 12.3. The van der Waals surface area contributed by atoms with E-state index in [0.29, 0.717) is 6.61 Å². The lowest BCUT2D eigenvalue weighted by atomic mass is 10.1. The van der Waals surface area contributed by atoms with Gasteiger partial charge in [-0.2, -0.15) is 5.26 Å². The van der Waals surface area contributed by atoms with Crippen molar-refractivity contribution in [1.29, 1.82) is 5.26 Å². The molecule has 0 aromatic heterocycles. The number of nitriles is 1. The number of benzene rings is 2. The van der Waals surface area contributed by atoms with Crippen molar-refractivity contribution in [2.75, 3.05) is 0 Å². The minimum atomic E-state index is -0.288. The monoisotopic (exact) mass is 360 g/mol. The molecule has 1 N–H and O–H groups in total. The SMILES string of the molecule is Cc1cccc(COc2ccc(/C=C(\C#N)C(=O)NC3CCCC3)cc2)c1. The van der Waals surface area contributed by atoms with E-state index in [1.165, 1.54) is 5.56 Å². The van der Waals surface area contributed by atoms with Crippen molar-refractivity contribution in [2.24, 2.45) is 0 Å². The lowest BCUT2D eigenvalue weighted by molar-refractivity contribution is -0.117. The van der Waals surface area contributed by atoms with Crippen LogP contribution in [-0.4, -0.2) is 11.9 Å². The van der Waals surface area contributed by atoms with E-state index < -0.39 is 0 Å². The van der Waals surface area contributed by atoms with Crippen molar-refractivity contribution in [1.82, 2.24) is 5.32 Å². The third-order valence-electron chi connectivity index (χ3n) is 4.73. The Kier molecular flexibility index (Phi) is 6.27. The van der Waals surface area contributed by atoms with Gasteiger partial charge >= 0.3 is 0 Å². The maximum Gasteiger partial charge on any atom is 0.262 e. The van der Waals surface area contributed by atoms with E-state index in [1.54, 1.807) is 6.08 Å². The summed E-state index contributed by atoms with van der Waals surface area (Å²) in [5.41, 5.74) is 3.26. The van der Waals surface area contributed by atoms with Gasteiger partial charge in [0.1, 0.15) is 24.0 Å². The molecule has 0 atom stereocenters. The highest BCUT2D eigenvalue weighted by Gasteiger charge is 2.19. The van der Waals surface area contributed by atoms with E-state index in [9.17, 15) is 10.1 Å². The van der Waals surface area contributed by atoms with Gasteiger partial charge in [0.25, 0.3) is 5.91 Å². The number of rotatable bonds is 6. The van der Waals surface area contributed by atoms with Gasteiger partial charge in [-0.3, -0.25) is 4.79 Å². The molecule has 3 rings (SSSR count). The average Bonchev–Trinajstić information content (AvgIpc) is 3.18. The number of nitrogens with zero attached hydrogens (tertiary/aromatic N) is 1. The van der Waals surface area contributed by atoms with Gasteiger partial charge < -0.3 is 10.1 Å². The molecule has 0 radical (unpaired) electrons. The summed E-state index contributed by atoms with van der Waals surface area (Å²) in [6, 6.07) is 17.8. The second kappa shape index (κ2) is 9.05. The molecule has 2 aromatic carbocycles. The van der Waals surface area contributed by atoms with Gasteiger partial charge in [-0.1, -0.05) is 54.8 Å². The van der Waals surface area contributed by atoms with E-state index in [1.807, 2.05) is 42.5 Å². The lowest BCUT2D eigenvalue weighted by Gasteiger charge is -2.11. The molecule has 1 saturated carbocycles. The molecule has 1 aliphatic carbocycles. The number of aryl methyl sites for hydroxylation is 1. The minimum absolute atomic E-state index is 0.135. The summed E-state index contributed by atoms with van der Waals surface area (Å²) in [6.07, 6.45) is 5.89. The van der Waals surface area contributed by atoms with Gasteiger partial charge in [0.2, 0.25) is 0 Å². The molecule has 0 aliphatic heterocycles. The highest BCUT2D eigenvalue weighted by atomic mass is 16.5. The molecule has 0 unspecified atom stereocenters. The second-order valence-electron chi connectivity index (χ2n) is 6.97. The first-order valence-electron chi connectivity index (χ1n) is 9.35. The zero-order valence-electron chi connectivity index (χ0n) is 15.6. The quantitative estimate of drug-likeness (QED) is 0.608. The zero-order chi connectivity index (χ0) is 19.1. The van der Waals surface area contributed by atoms with E-state index >= 15 is 0 Å². The molecular formula is C23H24N2O2. The van der Waals surface area contributed by atoms with Crippen LogP contribution in [-0.2, 0) is 11.4 Å². The molecule has 0 bridgehead atoms. The van der Waals surface area contributed by atoms with Crippen LogP contribution in [0.2, 0.25) is 0 Å². The predicted octanol–water partition coefficient (Wildman–Crippen LogP) is 4.54. The molecule has 1 aliphatic rings. The highest BCUT2D eigenvalue weighted by Crippen LogP contribution is 2.19. The first-order chi connectivity index (χ1) is 13.1. The molecule has 1 fully saturated rings. The number of ether oxygens (including phenoxy) is 1. The number of nitrogens with one attached hydrogen (secondary N) is 1. The summed E-state index contributed by atoms with van der Waals surface area (Å²) in [4.78, 5) is 12.3. The Hall–Kier alpha value is -3.06. The van der Waals surface area contributed by atoms with Crippen LogP contribution in [0.5, 0.6) is 5.75 Å². The van der Waals surface area contributed by atoms with Gasteiger partial charge in [-0.25, -0.2) is 0 Å². The first-order valence-corrected chi connectivity index (χ1v) is 9.35. The number of hydrogen-bond acceptors (Lipinski definition) is 3. The van der Waals surface area contributed by atoms with Crippen LogP contribution in [0.15, 0.2) is 54.1 Å². The molecule has 2 aromatic rings. The maximum absolute atomic E-state index is 12.3. The van der Waals surface area contributed by atoms with Crippen molar-refractivity contribution in [2.45, 2.75) is 45.3 Å². The van der Waals surface area contributed by atoms with Gasteiger partial charge in [0.05, 0.1) is 0 Å². The fraction of sp³-hybridized carbons (Fsp3) is 0.304. The third-order valence-corrected chi connectivity index (χ3v) is 4.73. The highest BCUT2D eigenvalue weighted by molar-refractivity contribution is 6.01.